The van der Waals surface area contributed by atoms with E-state index in [1.54, 1.807) is 24.0 Å². The zero-order valence-corrected chi connectivity index (χ0v) is 14.6. The van der Waals surface area contributed by atoms with Crippen LogP contribution < -0.4 is 4.90 Å². The van der Waals surface area contributed by atoms with Crippen molar-refractivity contribution >= 4 is 17.5 Å². The number of carbonyl (C=O) groups excluding carboxylic acids is 2. The third-order valence-electron chi connectivity index (χ3n) is 4.66. The Morgan fingerprint density at radius 1 is 1.12 bits per heavy atom. The van der Waals surface area contributed by atoms with Crippen LogP contribution >= 0.6 is 0 Å². The van der Waals surface area contributed by atoms with Gasteiger partial charge in [-0.1, -0.05) is 29.8 Å². The number of carbonyl (C=O) groups is 2. The molecule has 0 radical (unpaired) electrons. The van der Waals surface area contributed by atoms with Gasteiger partial charge in [0.25, 0.3) is 5.91 Å². The van der Waals surface area contributed by atoms with E-state index in [0.29, 0.717) is 13.1 Å². The highest BCUT2D eigenvalue weighted by molar-refractivity contribution is 6.03. The van der Waals surface area contributed by atoms with Crippen LogP contribution in [0.25, 0.3) is 0 Å². The first kappa shape index (κ1) is 17.1. The highest BCUT2D eigenvalue weighted by atomic mass is 19.1. The number of rotatable bonds is 2. The summed E-state index contributed by atoms with van der Waals surface area (Å²) in [5.74, 6) is -1.16. The van der Waals surface area contributed by atoms with Crippen molar-refractivity contribution in [3.8, 4) is 0 Å². The molecular formula is C20H21FN2O2. The minimum Gasteiger partial charge on any atom is -0.325 e. The first-order valence-electron chi connectivity index (χ1n) is 8.34. The van der Waals surface area contributed by atoms with Gasteiger partial charge in [0.05, 0.1) is 5.56 Å². The lowest BCUT2D eigenvalue weighted by Crippen LogP contribution is -2.58. The van der Waals surface area contributed by atoms with E-state index in [2.05, 4.69) is 0 Å². The van der Waals surface area contributed by atoms with Crippen molar-refractivity contribution in [2.24, 2.45) is 0 Å². The summed E-state index contributed by atoms with van der Waals surface area (Å²) in [6, 6.07) is 11.2. The molecule has 3 rings (SSSR count). The number of hydrogen-bond donors (Lipinski definition) is 0. The number of anilines is 1. The molecule has 4 nitrogen and oxygen atoms in total. The first-order chi connectivity index (χ1) is 11.9. The highest BCUT2D eigenvalue weighted by Crippen LogP contribution is 2.26. The summed E-state index contributed by atoms with van der Waals surface area (Å²) >= 11 is 0. The molecule has 2 aromatic carbocycles. The number of hydrogen-bond acceptors (Lipinski definition) is 2. The lowest BCUT2D eigenvalue weighted by atomic mass is 10.1. The van der Waals surface area contributed by atoms with Crippen molar-refractivity contribution in [2.75, 3.05) is 18.0 Å². The van der Waals surface area contributed by atoms with Crippen molar-refractivity contribution in [1.82, 2.24) is 4.90 Å². The van der Waals surface area contributed by atoms with Crippen LogP contribution in [0.3, 0.4) is 0 Å². The van der Waals surface area contributed by atoms with Gasteiger partial charge in [-0.25, -0.2) is 4.39 Å². The number of nitrogens with zero attached hydrogens (tertiary/aromatic N) is 2. The summed E-state index contributed by atoms with van der Waals surface area (Å²) in [5.41, 5.74) is 3.02. The lowest BCUT2D eigenvalue weighted by molar-refractivity contribution is -0.124. The van der Waals surface area contributed by atoms with E-state index in [9.17, 15) is 14.0 Å². The van der Waals surface area contributed by atoms with Crippen molar-refractivity contribution in [2.45, 2.75) is 26.8 Å². The molecule has 130 valence electrons. The molecule has 2 aromatic rings. The fourth-order valence-electron chi connectivity index (χ4n) is 3.28. The summed E-state index contributed by atoms with van der Waals surface area (Å²) in [4.78, 5) is 28.6. The van der Waals surface area contributed by atoms with Crippen LogP contribution in [0.4, 0.5) is 10.1 Å². The maximum Gasteiger partial charge on any atom is 0.257 e. The van der Waals surface area contributed by atoms with Gasteiger partial charge in [0.2, 0.25) is 5.91 Å². The third-order valence-corrected chi connectivity index (χ3v) is 4.66. The highest BCUT2D eigenvalue weighted by Gasteiger charge is 2.36. The largest absolute Gasteiger partial charge is 0.325 e. The molecule has 0 aromatic heterocycles. The maximum atomic E-state index is 13.9. The van der Waals surface area contributed by atoms with E-state index in [1.165, 1.54) is 17.0 Å². The zero-order chi connectivity index (χ0) is 18.1. The molecule has 1 heterocycles. The average molecular weight is 340 g/mol. The molecule has 1 aliphatic heterocycles. The smallest absolute Gasteiger partial charge is 0.257 e. The molecule has 0 spiro atoms. The van der Waals surface area contributed by atoms with Crippen LogP contribution in [0.5, 0.6) is 0 Å². The predicted octanol–water partition coefficient (Wildman–Crippen LogP) is 3.32. The van der Waals surface area contributed by atoms with Gasteiger partial charge in [-0.05, 0) is 44.5 Å². The van der Waals surface area contributed by atoms with Crippen LogP contribution in [-0.2, 0) is 4.79 Å². The number of piperazine rings is 1. The topological polar surface area (TPSA) is 40.6 Å². The number of halogens is 1. The van der Waals surface area contributed by atoms with Gasteiger partial charge in [-0.3, -0.25) is 9.59 Å². The Balaban J connectivity index is 1.84. The van der Waals surface area contributed by atoms with Crippen LogP contribution in [0.15, 0.2) is 42.5 Å². The second-order valence-electron chi connectivity index (χ2n) is 6.43. The molecule has 1 aliphatic rings. The normalized spacial score (nSPS) is 17.8. The monoisotopic (exact) mass is 340 g/mol. The van der Waals surface area contributed by atoms with Crippen molar-refractivity contribution in [3.63, 3.8) is 0 Å². The lowest BCUT2D eigenvalue weighted by Gasteiger charge is -2.39. The van der Waals surface area contributed by atoms with Crippen LogP contribution in [-0.4, -0.2) is 35.8 Å². The minimum absolute atomic E-state index is 0.00196. The number of benzene rings is 2. The minimum atomic E-state index is -0.637. The predicted molar refractivity (Wildman–Crippen MR) is 95.2 cm³/mol. The van der Waals surface area contributed by atoms with Crippen molar-refractivity contribution in [3.05, 3.63) is 65.0 Å². The second-order valence-corrected chi connectivity index (χ2v) is 6.43. The van der Waals surface area contributed by atoms with Crippen LogP contribution in [0.1, 0.15) is 28.4 Å². The Morgan fingerprint density at radius 2 is 1.84 bits per heavy atom. The molecule has 0 saturated carbocycles. The maximum absolute atomic E-state index is 13.9. The zero-order valence-electron chi connectivity index (χ0n) is 14.6. The molecule has 5 heteroatoms. The van der Waals surface area contributed by atoms with Gasteiger partial charge in [-0.2, -0.15) is 0 Å². The summed E-state index contributed by atoms with van der Waals surface area (Å²) in [6.07, 6.45) is 0. The molecule has 25 heavy (non-hydrogen) atoms. The Morgan fingerprint density at radius 3 is 2.52 bits per heavy atom. The molecule has 2 amide bonds. The standard InChI is InChI=1S/C20H21FN2O2/c1-13-8-9-18(14(2)12-13)23-11-10-22(15(3)19(23)24)20(25)16-6-4-5-7-17(16)21/h4-9,12,15H,10-11H2,1-3H3. The summed E-state index contributed by atoms with van der Waals surface area (Å²) in [5, 5.41) is 0. The molecule has 1 saturated heterocycles. The second kappa shape index (κ2) is 6.67. The summed E-state index contributed by atoms with van der Waals surface area (Å²) in [7, 11) is 0. The SMILES string of the molecule is Cc1ccc(N2CCN(C(=O)c3ccccc3F)C(C)C2=O)c(C)c1. The van der Waals surface area contributed by atoms with Gasteiger partial charge >= 0.3 is 0 Å². The van der Waals surface area contributed by atoms with Gasteiger partial charge in [0, 0.05) is 18.8 Å². The molecule has 0 bridgehead atoms. The Kier molecular flexibility index (Phi) is 4.57. The molecule has 1 fully saturated rings. The molecule has 1 unspecified atom stereocenters. The van der Waals surface area contributed by atoms with Crippen LogP contribution in [0, 0.1) is 19.7 Å². The Labute approximate surface area is 146 Å². The fourth-order valence-corrected chi connectivity index (χ4v) is 3.28. The molecular weight excluding hydrogens is 319 g/mol. The van der Waals surface area contributed by atoms with Crippen molar-refractivity contribution in [1.29, 1.82) is 0 Å². The first-order valence-corrected chi connectivity index (χ1v) is 8.34. The van der Waals surface area contributed by atoms with Gasteiger partial charge in [0.1, 0.15) is 11.9 Å². The number of aryl methyl sites for hydroxylation is 2. The van der Waals surface area contributed by atoms with E-state index in [-0.39, 0.29) is 11.5 Å². The number of amides is 2. The summed E-state index contributed by atoms with van der Waals surface area (Å²) < 4.78 is 13.9. The van der Waals surface area contributed by atoms with Gasteiger partial charge in [0.15, 0.2) is 0 Å². The summed E-state index contributed by atoms with van der Waals surface area (Å²) in [6.45, 7) is 6.43. The van der Waals surface area contributed by atoms with E-state index in [4.69, 9.17) is 0 Å². The third kappa shape index (κ3) is 3.14. The van der Waals surface area contributed by atoms with E-state index < -0.39 is 17.8 Å². The average Bonchev–Trinajstić information content (AvgIpc) is 2.58. The van der Waals surface area contributed by atoms with Crippen molar-refractivity contribution < 1.29 is 14.0 Å². The van der Waals surface area contributed by atoms with E-state index in [1.807, 2.05) is 32.0 Å². The van der Waals surface area contributed by atoms with E-state index in [0.717, 1.165) is 16.8 Å². The Hall–Kier alpha value is -2.69. The van der Waals surface area contributed by atoms with Gasteiger partial charge in [-0.15, -0.1) is 0 Å². The quantitative estimate of drug-likeness (QED) is 0.841. The Bertz CT molecular complexity index is 834. The molecule has 1 atom stereocenters. The molecule has 0 aliphatic carbocycles. The molecule has 0 N–H and O–H groups in total. The van der Waals surface area contributed by atoms with Crippen LogP contribution in [0.2, 0.25) is 0 Å². The van der Waals surface area contributed by atoms with E-state index >= 15 is 0 Å². The van der Waals surface area contributed by atoms with Gasteiger partial charge < -0.3 is 9.80 Å². The fraction of sp³-hybridized carbons (Fsp3) is 0.300.